The normalized spacial score (nSPS) is 16.9. The van der Waals surface area contributed by atoms with Crippen molar-refractivity contribution in [3.8, 4) is 0 Å². The zero-order valence-electron chi connectivity index (χ0n) is 9.47. The minimum absolute atomic E-state index is 0.0477. The zero-order valence-corrected chi connectivity index (χ0v) is 9.47. The Hall–Kier alpha value is -1.98. The smallest absolute Gasteiger partial charge is 0.330 e. The standard InChI is InChI=1S/C11H13NO5/c1-3-8(13)6-7(2)11(16)17-12-9(14)4-5-10(12)15/h3,7H,1,4-6H2,2H3. The number of rotatable bonds is 5. The fourth-order valence-electron chi connectivity index (χ4n) is 1.31. The summed E-state index contributed by atoms with van der Waals surface area (Å²) in [6, 6.07) is 0. The summed E-state index contributed by atoms with van der Waals surface area (Å²) in [6.07, 6.45) is 1.15. The third-order valence-corrected chi connectivity index (χ3v) is 2.32. The van der Waals surface area contributed by atoms with Crippen LogP contribution in [-0.4, -0.2) is 28.6 Å². The fraction of sp³-hybridized carbons (Fsp3) is 0.455. The van der Waals surface area contributed by atoms with Crippen molar-refractivity contribution in [2.75, 3.05) is 0 Å². The van der Waals surface area contributed by atoms with E-state index in [0.717, 1.165) is 6.08 Å². The molecule has 0 aromatic rings. The van der Waals surface area contributed by atoms with Crippen LogP contribution in [0.2, 0.25) is 0 Å². The van der Waals surface area contributed by atoms with Gasteiger partial charge in [0.25, 0.3) is 11.8 Å². The summed E-state index contributed by atoms with van der Waals surface area (Å²) < 4.78 is 0. The van der Waals surface area contributed by atoms with Gasteiger partial charge in [0.2, 0.25) is 0 Å². The highest BCUT2D eigenvalue weighted by atomic mass is 16.7. The summed E-state index contributed by atoms with van der Waals surface area (Å²) in [5.74, 6) is -2.87. The van der Waals surface area contributed by atoms with Gasteiger partial charge in [-0.2, -0.15) is 0 Å². The van der Waals surface area contributed by atoms with Gasteiger partial charge in [0.05, 0.1) is 5.92 Å². The van der Waals surface area contributed by atoms with Crippen LogP contribution in [-0.2, 0) is 24.0 Å². The summed E-state index contributed by atoms with van der Waals surface area (Å²) in [5, 5.41) is 0.469. The third kappa shape index (κ3) is 3.24. The number of amides is 2. The molecule has 0 aliphatic carbocycles. The molecule has 0 N–H and O–H groups in total. The van der Waals surface area contributed by atoms with Crippen molar-refractivity contribution in [3.63, 3.8) is 0 Å². The van der Waals surface area contributed by atoms with Crippen LogP contribution in [0.5, 0.6) is 0 Å². The molecule has 0 aromatic carbocycles. The van der Waals surface area contributed by atoms with Crippen LogP contribution in [0, 0.1) is 5.92 Å². The lowest BCUT2D eigenvalue weighted by atomic mass is 10.1. The van der Waals surface area contributed by atoms with E-state index >= 15 is 0 Å². The number of hydrogen-bond acceptors (Lipinski definition) is 5. The number of allylic oxidation sites excluding steroid dienone is 1. The largest absolute Gasteiger partial charge is 0.336 e. The molecule has 92 valence electrons. The highest BCUT2D eigenvalue weighted by molar-refractivity contribution is 6.01. The molecule has 6 heteroatoms. The maximum absolute atomic E-state index is 11.5. The Balaban J connectivity index is 2.54. The topological polar surface area (TPSA) is 80.8 Å². The Labute approximate surface area is 98.2 Å². The van der Waals surface area contributed by atoms with E-state index in [1.807, 2.05) is 0 Å². The van der Waals surface area contributed by atoms with Crippen LogP contribution in [0.3, 0.4) is 0 Å². The molecule has 17 heavy (non-hydrogen) atoms. The van der Waals surface area contributed by atoms with Crippen molar-refractivity contribution in [1.29, 1.82) is 0 Å². The van der Waals surface area contributed by atoms with Crippen molar-refractivity contribution in [2.24, 2.45) is 5.92 Å². The number of carbonyl (C=O) groups excluding carboxylic acids is 4. The van der Waals surface area contributed by atoms with Gasteiger partial charge in [-0.25, -0.2) is 4.79 Å². The average Bonchev–Trinajstić information content (AvgIpc) is 2.60. The van der Waals surface area contributed by atoms with Gasteiger partial charge in [-0.3, -0.25) is 14.4 Å². The predicted molar refractivity (Wildman–Crippen MR) is 56.2 cm³/mol. The Morgan fingerprint density at radius 1 is 1.41 bits per heavy atom. The third-order valence-electron chi connectivity index (χ3n) is 2.32. The van der Waals surface area contributed by atoms with Crippen molar-refractivity contribution in [2.45, 2.75) is 26.2 Å². The van der Waals surface area contributed by atoms with Gasteiger partial charge in [0.15, 0.2) is 5.78 Å². The van der Waals surface area contributed by atoms with Crippen molar-refractivity contribution >= 4 is 23.6 Å². The van der Waals surface area contributed by atoms with Gasteiger partial charge in [-0.15, -0.1) is 5.06 Å². The second-order valence-corrected chi connectivity index (χ2v) is 3.77. The molecule has 0 saturated carbocycles. The second-order valence-electron chi connectivity index (χ2n) is 3.77. The molecule has 6 nitrogen and oxygen atoms in total. The molecule has 1 heterocycles. The van der Waals surface area contributed by atoms with Crippen LogP contribution in [0.15, 0.2) is 12.7 Å². The maximum Gasteiger partial charge on any atom is 0.336 e. The monoisotopic (exact) mass is 239 g/mol. The Bertz CT molecular complexity index is 371. The summed E-state index contributed by atoms with van der Waals surface area (Å²) in [7, 11) is 0. The van der Waals surface area contributed by atoms with Gasteiger partial charge in [0, 0.05) is 19.3 Å². The quantitative estimate of drug-likeness (QED) is 0.511. The van der Waals surface area contributed by atoms with E-state index in [0.29, 0.717) is 5.06 Å². The number of hydrogen-bond donors (Lipinski definition) is 0. The Kier molecular flexibility index (Phi) is 4.14. The molecular weight excluding hydrogens is 226 g/mol. The molecule has 0 radical (unpaired) electrons. The van der Waals surface area contributed by atoms with Gasteiger partial charge < -0.3 is 4.84 Å². The number of carbonyl (C=O) groups is 4. The average molecular weight is 239 g/mol. The highest BCUT2D eigenvalue weighted by Crippen LogP contribution is 2.15. The summed E-state index contributed by atoms with van der Waals surface area (Å²) in [6.45, 7) is 4.76. The first-order chi connectivity index (χ1) is 7.95. The maximum atomic E-state index is 11.5. The summed E-state index contributed by atoms with van der Waals surface area (Å²) >= 11 is 0. The molecule has 2 amide bonds. The molecule has 0 aromatic heterocycles. The molecular formula is C11H13NO5. The van der Waals surface area contributed by atoms with E-state index in [1.165, 1.54) is 6.92 Å². The molecule has 0 spiro atoms. The molecule has 0 bridgehead atoms. The zero-order chi connectivity index (χ0) is 13.0. The van der Waals surface area contributed by atoms with E-state index in [9.17, 15) is 19.2 Å². The van der Waals surface area contributed by atoms with Crippen LogP contribution in [0.25, 0.3) is 0 Å². The fourth-order valence-corrected chi connectivity index (χ4v) is 1.31. The first-order valence-corrected chi connectivity index (χ1v) is 5.18. The van der Waals surface area contributed by atoms with E-state index in [1.54, 1.807) is 0 Å². The molecule has 1 atom stereocenters. The number of imide groups is 1. The van der Waals surface area contributed by atoms with Gasteiger partial charge in [0.1, 0.15) is 0 Å². The molecule has 1 aliphatic rings. The van der Waals surface area contributed by atoms with E-state index in [-0.39, 0.29) is 25.0 Å². The molecule has 1 unspecified atom stereocenters. The van der Waals surface area contributed by atoms with E-state index in [2.05, 4.69) is 11.4 Å². The lowest BCUT2D eigenvalue weighted by Crippen LogP contribution is -2.34. The van der Waals surface area contributed by atoms with Crippen molar-refractivity contribution in [3.05, 3.63) is 12.7 Å². The minimum atomic E-state index is -0.774. The molecule has 1 aliphatic heterocycles. The lowest BCUT2D eigenvalue weighted by Gasteiger charge is -2.15. The second kappa shape index (κ2) is 5.38. The first-order valence-electron chi connectivity index (χ1n) is 5.18. The number of hydroxylamine groups is 2. The van der Waals surface area contributed by atoms with Crippen molar-refractivity contribution < 1.29 is 24.0 Å². The van der Waals surface area contributed by atoms with E-state index in [4.69, 9.17) is 0 Å². The van der Waals surface area contributed by atoms with Gasteiger partial charge >= 0.3 is 5.97 Å². The Morgan fingerprint density at radius 2 is 1.94 bits per heavy atom. The highest BCUT2D eigenvalue weighted by Gasteiger charge is 2.34. The van der Waals surface area contributed by atoms with Crippen LogP contribution in [0.4, 0.5) is 0 Å². The van der Waals surface area contributed by atoms with E-state index < -0.39 is 23.7 Å². The first kappa shape index (κ1) is 13.1. The van der Waals surface area contributed by atoms with Gasteiger partial charge in [-0.05, 0) is 6.08 Å². The summed E-state index contributed by atoms with van der Waals surface area (Å²) in [5.41, 5.74) is 0. The number of ketones is 1. The minimum Gasteiger partial charge on any atom is -0.330 e. The lowest BCUT2D eigenvalue weighted by molar-refractivity contribution is -0.200. The molecule has 1 saturated heterocycles. The predicted octanol–water partition coefficient (Wildman–Crippen LogP) is 0.375. The SMILES string of the molecule is C=CC(=O)CC(C)C(=O)ON1C(=O)CCC1=O. The molecule has 1 fully saturated rings. The summed E-state index contributed by atoms with van der Waals surface area (Å²) in [4.78, 5) is 49.5. The number of nitrogens with zero attached hydrogens (tertiary/aromatic N) is 1. The molecule has 1 rings (SSSR count). The Morgan fingerprint density at radius 3 is 2.41 bits per heavy atom. The van der Waals surface area contributed by atoms with Crippen molar-refractivity contribution in [1.82, 2.24) is 5.06 Å². The van der Waals surface area contributed by atoms with Crippen LogP contribution in [0.1, 0.15) is 26.2 Å². The van der Waals surface area contributed by atoms with Crippen LogP contribution >= 0.6 is 0 Å². The van der Waals surface area contributed by atoms with Crippen LogP contribution < -0.4 is 0 Å². The van der Waals surface area contributed by atoms with Gasteiger partial charge in [-0.1, -0.05) is 13.5 Å².